The molecule has 0 aliphatic rings. The van der Waals surface area contributed by atoms with Crippen molar-refractivity contribution in [2.45, 2.75) is 0 Å². The number of nitrogens with zero attached hydrogens (tertiary/aromatic N) is 2. The van der Waals surface area contributed by atoms with Crippen LogP contribution in [0, 0.1) is 0 Å². The summed E-state index contributed by atoms with van der Waals surface area (Å²) in [5, 5.41) is 8.91. The first kappa shape index (κ1) is 16.3. The molecule has 1 heterocycles. The highest BCUT2D eigenvalue weighted by molar-refractivity contribution is 6.28. The van der Waals surface area contributed by atoms with Crippen LogP contribution < -0.4 is 0 Å². The maximum Gasteiger partial charge on any atom is 0.335 e. The zero-order chi connectivity index (χ0) is 17.8. The van der Waals surface area contributed by atoms with Crippen molar-refractivity contribution in [1.29, 1.82) is 0 Å². The number of rotatable bonds is 5. The van der Waals surface area contributed by atoms with Crippen LogP contribution in [0.4, 0.5) is 0 Å². The van der Waals surface area contributed by atoms with E-state index in [0.29, 0.717) is 16.7 Å². The van der Waals surface area contributed by atoms with Crippen molar-refractivity contribution in [2.24, 2.45) is 0 Å². The number of hydrogen-bond acceptors (Lipinski definition) is 4. The lowest BCUT2D eigenvalue weighted by atomic mass is 9.96. The standard InChI is InChI=1S/C20H14N2O3/c1-13(19(23)16-6-8-17(9-7-16)20(24)25)14-2-4-15(5-3-14)18-10-21-12-22-11-18/h2-12H,1H2,(H,24,25). The zero-order valence-electron chi connectivity index (χ0n) is 13.2. The first-order valence-electron chi connectivity index (χ1n) is 7.49. The number of ketones is 1. The van der Waals surface area contributed by atoms with Gasteiger partial charge in [0.25, 0.3) is 0 Å². The van der Waals surface area contributed by atoms with Gasteiger partial charge < -0.3 is 5.11 Å². The molecule has 25 heavy (non-hydrogen) atoms. The monoisotopic (exact) mass is 330 g/mol. The van der Waals surface area contributed by atoms with Crippen molar-refractivity contribution >= 4 is 17.3 Å². The third kappa shape index (κ3) is 3.50. The maximum absolute atomic E-state index is 12.5. The minimum atomic E-state index is -1.03. The highest BCUT2D eigenvalue weighted by atomic mass is 16.4. The summed E-state index contributed by atoms with van der Waals surface area (Å²) in [6, 6.07) is 13.2. The molecule has 0 spiro atoms. The van der Waals surface area contributed by atoms with E-state index in [9.17, 15) is 9.59 Å². The average Bonchev–Trinajstić information content (AvgIpc) is 2.67. The van der Waals surface area contributed by atoms with E-state index < -0.39 is 5.97 Å². The molecule has 1 aromatic heterocycles. The molecule has 0 aliphatic carbocycles. The molecule has 2 aromatic carbocycles. The Kier molecular flexibility index (Phi) is 4.48. The largest absolute Gasteiger partial charge is 0.478 e. The molecule has 3 rings (SSSR count). The second kappa shape index (κ2) is 6.88. The topological polar surface area (TPSA) is 80.2 Å². The molecule has 1 N–H and O–H groups in total. The molecule has 0 aliphatic heterocycles. The molecular weight excluding hydrogens is 316 g/mol. The summed E-state index contributed by atoms with van der Waals surface area (Å²) in [5.41, 5.74) is 3.41. The smallest absolute Gasteiger partial charge is 0.335 e. The fraction of sp³-hybridized carbons (Fsp3) is 0. The molecule has 0 fully saturated rings. The van der Waals surface area contributed by atoms with Gasteiger partial charge in [0, 0.05) is 29.1 Å². The Morgan fingerprint density at radius 1 is 0.760 bits per heavy atom. The quantitative estimate of drug-likeness (QED) is 0.569. The fourth-order valence-electron chi connectivity index (χ4n) is 2.38. The Labute approximate surface area is 144 Å². The molecule has 0 unspecified atom stereocenters. The summed E-state index contributed by atoms with van der Waals surface area (Å²) in [4.78, 5) is 31.4. The third-order valence-electron chi connectivity index (χ3n) is 3.80. The van der Waals surface area contributed by atoms with E-state index in [1.54, 1.807) is 12.4 Å². The van der Waals surface area contributed by atoms with E-state index in [1.165, 1.54) is 30.6 Å². The van der Waals surface area contributed by atoms with Crippen LogP contribution in [0.2, 0.25) is 0 Å². The lowest BCUT2D eigenvalue weighted by molar-refractivity contribution is 0.0696. The number of hydrogen-bond donors (Lipinski definition) is 1. The number of aromatic carboxylic acids is 1. The minimum absolute atomic E-state index is 0.136. The Morgan fingerprint density at radius 3 is 1.84 bits per heavy atom. The molecule has 122 valence electrons. The summed E-state index contributed by atoms with van der Waals surface area (Å²) in [7, 11) is 0. The summed E-state index contributed by atoms with van der Waals surface area (Å²) in [5.74, 6) is -1.27. The predicted octanol–water partition coefficient (Wildman–Crippen LogP) is 3.74. The Balaban J connectivity index is 1.80. The zero-order valence-corrected chi connectivity index (χ0v) is 13.2. The van der Waals surface area contributed by atoms with E-state index in [1.807, 2.05) is 24.3 Å². The molecule has 0 amide bonds. The highest BCUT2D eigenvalue weighted by Gasteiger charge is 2.13. The molecule has 5 heteroatoms. The average molecular weight is 330 g/mol. The van der Waals surface area contributed by atoms with Gasteiger partial charge in [0.15, 0.2) is 5.78 Å². The minimum Gasteiger partial charge on any atom is -0.478 e. The number of carboxylic acid groups (broad SMARTS) is 1. The van der Waals surface area contributed by atoms with Crippen molar-refractivity contribution in [3.05, 3.63) is 90.5 Å². The van der Waals surface area contributed by atoms with Gasteiger partial charge in [0.2, 0.25) is 0 Å². The molecule has 0 saturated heterocycles. The van der Waals surface area contributed by atoms with Gasteiger partial charge in [-0.1, -0.05) is 43.0 Å². The molecule has 0 bridgehead atoms. The van der Waals surface area contributed by atoms with Crippen LogP contribution in [-0.4, -0.2) is 26.8 Å². The first-order chi connectivity index (χ1) is 12.1. The number of carbonyl (C=O) groups is 2. The van der Waals surface area contributed by atoms with E-state index in [-0.39, 0.29) is 11.3 Å². The van der Waals surface area contributed by atoms with Crippen molar-refractivity contribution < 1.29 is 14.7 Å². The van der Waals surface area contributed by atoms with Gasteiger partial charge in [-0.2, -0.15) is 0 Å². The van der Waals surface area contributed by atoms with Gasteiger partial charge in [0.05, 0.1) is 5.56 Å². The van der Waals surface area contributed by atoms with E-state index in [4.69, 9.17) is 5.11 Å². The Morgan fingerprint density at radius 2 is 1.28 bits per heavy atom. The maximum atomic E-state index is 12.5. The molecule has 0 radical (unpaired) electrons. The van der Waals surface area contributed by atoms with Crippen LogP contribution in [0.5, 0.6) is 0 Å². The number of aromatic nitrogens is 2. The van der Waals surface area contributed by atoms with Gasteiger partial charge in [-0.05, 0) is 23.3 Å². The van der Waals surface area contributed by atoms with Crippen molar-refractivity contribution in [3.63, 3.8) is 0 Å². The van der Waals surface area contributed by atoms with Gasteiger partial charge in [0.1, 0.15) is 6.33 Å². The second-order valence-corrected chi connectivity index (χ2v) is 5.39. The van der Waals surface area contributed by atoms with E-state index >= 15 is 0 Å². The van der Waals surface area contributed by atoms with Gasteiger partial charge in [-0.25, -0.2) is 14.8 Å². The highest BCUT2D eigenvalue weighted by Crippen LogP contribution is 2.23. The number of carboxylic acids is 1. The summed E-state index contributed by atoms with van der Waals surface area (Å²) in [6.07, 6.45) is 4.89. The normalized spacial score (nSPS) is 10.2. The summed E-state index contributed by atoms with van der Waals surface area (Å²) < 4.78 is 0. The number of carbonyl (C=O) groups excluding carboxylic acids is 1. The molecular formula is C20H14N2O3. The lowest BCUT2D eigenvalue weighted by Gasteiger charge is -2.07. The number of Topliss-reactive ketones (excluding diaryl/α,β-unsaturated/α-hetero) is 1. The molecule has 0 atom stereocenters. The van der Waals surface area contributed by atoms with Crippen molar-refractivity contribution in [2.75, 3.05) is 0 Å². The fourth-order valence-corrected chi connectivity index (χ4v) is 2.38. The summed E-state index contributed by atoms with van der Waals surface area (Å²) in [6.45, 7) is 3.87. The summed E-state index contributed by atoms with van der Waals surface area (Å²) >= 11 is 0. The Bertz CT molecular complexity index is 931. The second-order valence-electron chi connectivity index (χ2n) is 5.39. The van der Waals surface area contributed by atoms with Crippen LogP contribution in [-0.2, 0) is 0 Å². The Hall–Kier alpha value is -3.60. The molecule has 0 saturated carbocycles. The van der Waals surface area contributed by atoms with Crippen molar-refractivity contribution in [3.8, 4) is 11.1 Å². The van der Waals surface area contributed by atoms with E-state index in [2.05, 4.69) is 16.5 Å². The molecule has 5 nitrogen and oxygen atoms in total. The van der Waals surface area contributed by atoms with Gasteiger partial charge in [-0.3, -0.25) is 4.79 Å². The number of allylic oxidation sites excluding steroid dienone is 1. The van der Waals surface area contributed by atoms with Crippen LogP contribution in [0.1, 0.15) is 26.3 Å². The predicted molar refractivity (Wildman–Crippen MR) is 94.2 cm³/mol. The van der Waals surface area contributed by atoms with E-state index in [0.717, 1.165) is 11.1 Å². The van der Waals surface area contributed by atoms with Crippen LogP contribution in [0.3, 0.4) is 0 Å². The SMILES string of the molecule is C=C(C(=O)c1ccc(C(=O)O)cc1)c1ccc(-c2cncnc2)cc1. The third-order valence-corrected chi connectivity index (χ3v) is 3.80. The number of benzene rings is 2. The van der Waals surface area contributed by atoms with Gasteiger partial charge >= 0.3 is 5.97 Å². The lowest BCUT2D eigenvalue weighted by Crippen LogP contribution is -2.03. The molecule has 3 aromatic rings. The van der Waals surface area contributed by atoms with Crippen LogP contribution >= 0.6 is 0 Å². The van der Waals surface area contributed by atoms with Crippen LogP contribution in [0.25, 0.3) is 16.7 Å². The van der Waals surface area contributed by atoms with Gasteiger partial charge in [-0.15, -0.1) is 0 Å². The van der Waals surface area contributed by atoms with Crippen molar-refractivity contribution in [1.82, 2.24) is 9.97 Å². The van der Waals surface area contributed by atoms with Crippen LogP contribution in [0.15, 0.2) is 73.8 Å². The first-order valence-corrected chi connectivity index (χ1v) is 7.49.